The molecule has 2 aromatic carbocycles. The molecule has 0 bridgehead atoms. The number of imidazole rings is 1. The highest BCUT2D eigenvalue weighted by atomic mass is 19.1. The summed E-state index contributed by atoms with van der Waals surface area (Å²) in [7, 11) is 1.61. The van der Waals surface area contributed by atoms with Crippen molar-refractivity contribution in [2.45, 2.75) is 32.9 Å². The molecule has 0 unspecified atom stereocenters. The Balaban J connectivity index is 1.62. The van der Waals surface area contributed by atoms with Crippen molar-refractivity contribution in [2.75, 3.05) is 13.7 Å². The van der Waals surface area contributed by atoms with Gasteiger partial charge in [0.15, 0.2) is 5.76 Å². The number of carbonyl (C=O) groups excluding carboxylic acids is 1. The number of aromatic nitrogens is 2. The molecule has 1 aliphatic rings. The van der Waals surface area contributed by atoms with Crippen molar-refractivity contribution < 1.29 is 18.7 Å². The molecule has 1 saturated heterocycles. The first kappa shape index (κ1) is 21.6. The van der Waals surface area contributed by atoms with E-state index in [2.05, 4.69) is 4.98 Å². The monoisotopic (exact) mass is 435 g/mol. The topological polar surface area (TPSA) is 56.6 Å². The number of amides is 1. The Morgan fingerprint density at radius 1 is 1.25 bits per heavy atom. The van der Waals surface area contributed by atoms with Crippen molar-refractivity contribution >= 4 is 12.0 Å². The molecule has 1 fully saturated rings. The van der Waals surface area contributed by atoms with Crippen molar-refractivity contribution in [3.63, 3.8) is 0 Å². The predicted molar refractivity (Wildman–Crippen MR) is 120 cm³/mol. The van der Waals surface area contributed by atoms with Gasteiger partial charge in [0.25, 0.3) is 5.91 Å². The molecule has 3 aromatic rings. The highest BCUT2D eigenvalue weighted by Crippen LogP contribution is 2.30. The van der Waals surface area contributed by atoms with Crippen LogP contribution in [0.5, 0.6) is 5.75 Å². The number of benzene rings is 2. The van der Waals surface area contributed by atoms with Gasteiger partial charge in [0.1, 0.15) is 17.7 Å². The molecule has 166 valence electrons. The lowest BCUT2D eigenvalue weighted by atomic mass is 10.0. The van der Waals surface area contributed by atoms with Gasteiger partial charge in [-0.25, -0.2) is 9.37 Å². The van der Waals surface area contributed by atoms with Gasteiger partial charge in [-0.2, -0.15) is 0 Å². The Bertz CT molecular complexity index is 1150. The third-order valence-corrected chi connectivity index (χ3v) is 5.56. The number of halogens is 1. The van der Waals surface area contributed by atoms with Crippen LogP contribution in [-0.4, -0.2) is 40.1 Å². The van der Waals surface area contributed by atoms with Crippen LogP contribution in [0.25, 0.3) is 11.8 Å². The molecule has 1 aromatic heterocycles. The second-order valence-corrected chi connectivity index (χ2v) is 7.98. The van der Waals surface area contributed by atoms with E-state index in [0.717, 1.165) is 22.5 Å². The summed E-state index contributed by atoms with van der Waals surface area (Å²) in [6, 6.07) is 11.7. The van der Waals surface area contributed by atoms with Gasteiger partial charge in [0, 0.05) is 6.20 Å². The average Bonchev–Trinajstić information content (AvgIpc) is 3.22. The minimum absolute atomic E-state index is 0.169. The first-order valence-electron chi connectivity index (χ1n) is 10.5. The molecule has 0 N–H and O–H groups in total. The quantitative estimate of drug-likeness (QED) is 0.546. The summed E-state index contributed by atoms with van der Waals surface area (Å²) in [5.74, 6) is 0.426. The van der Waals surface area contributed by atoms with E-state index in [4.69, 9.17) is 9.47 Å². The second-order valence-electron chi connectivity index (χ2n) is 7.98. The summed E-state index contributed by atoms with van der Waals surface area (Å²) < 4.78 is 26.7. The summed E-state index contributed by atoms with van der Waals surface area (Å²) in [5, 5.41) is 0. The van der Waals surface area contributed by atoms with Crippen molar-refractivity contribution in [1.29, 1.82) is 0 Å². The Labute approximate surface area is 186 Å². The van der Waals surface area contributed by atoms with E-state index in [9.17, 15) is 9.18 Å². The van der Waals surface area contributed by atoms with Crippen molar-refractivity contribution in [3.8, 4) is 11.4 Å². The minimum atomic E-state index is -0.300. The highest BCUT2D eigenvalue weighted by molar-refractivity contribution is 5.96. The SMILES string of the molecule is COc1cc(/C=C2\O[C@H](C)CN([C@@H](C)c3ccc(F)cc3)C2=O)ccc1-n1cnc(C)c1. The zero-order valence-corrected chi connectivity index (χ0v) is 18.6. The van der Waals surface area contributed by atoms with E-state index in [1.165, 1.54) is 12.1 Å². The van der Waals surface area contributed by atoms with Crippen molar-refractivity contribution in [3.05, 3.63) is 83.4 Å². The van der Waals surface area contributed by atoms with Gasteiger partial charge in [-0.1, -0.05) is 18.2 Å². The van der Waals surface area contributed by atoms with Crippen LogP contribution >= 0.6 is 0 Å². The maximum Gasteiger partial charge on any atom is 0.289 e. The van der Waals surface area contributed by atoms with Crippen LogP contribution in [-0.2, 0) is 9.53 Å². The van der Waals surface area contributed by atoms with Crippen LogP contribution < -0.4 is 4.74 Å². The third kappa shape index (κ3) is 4.37. The lowest BCUT2D eigenvalue weighted by Gasteiger charge is -2.37. The first-order chi connectivity index (χ1) is 15.4. The number of carbonyl (C=O) groups is 1. The Hall–Kier alpha value is -3.61. The summed E-state index contributed by atoms with van der Waals surface area (Å²) in [4.78, 5) is 19.2. The fourth-order valence-corrected chi connectivity index (χ4v) is 3.86. The second kappa shape index (κ2) is 8.86. The number of ether oxygens (including phenoxy) is 2. The first-order valence-corrected chi connectivity index (χ1v) is 10.5. The average molecular weight is 435 g/mol. The van der Waals surface area contributed by atoms with Crippen molar-refractivity contribution in [2.24, 2.45) is 0 Å². The van der Waals surface area contributed by atoms with Crippen LogP contribution in [0.1, 0.15) is 36.7 Å². The number of hydrogen-bond donors (Lipinski definition) is 0. The molecule has 7 heteroatoms. The van der Waals surface area contributed by atoms with E-state index in [1.54, 1.807) is 36.5 Å². The van der Waals surface area contributed by atoms with Gasteiger partial charge >= 0.3 is 0 Å². The maximum absolute atomic E-state index is 13.3. The normalized spacial score (nSPS) is 18.5. The summed E-state index contributed by atoms with van der Waals surface area (Å²) in [6.07, 6.45) is 5.21. The van der Waals surface area contributed by atoms with Gasteiger partial charge in [-0.05, 0) is 62.2 Å². The molecule has 0 radical (unpaired) electrons. The largest absolute Gasteiger partial charge is 0.495 e. The molecular formula is C25H26FN3O3. The molecule has 0 aliphatic carbocycles. The fourth-order valence-electron chi connectivity index (χ4n) is 3.86. The number of aryl methyl sites for hydroxylation is 1. The van der Waals surface area contributed by atoms with Gasteiger partial charge < -0.3 is 18.9 Å². The van der Waals surface area contributed by atoms with Crippen LogP contribution in [0.3, 0.4) is 0 Å². The number of methoxy groups -OCH3 is 1. The Morgan fingerprint density at radius 2 is 2.00 bits per heavy atom. The maximum atomic E-state index is 13.3. The summed E-state index contributed by atoms with van der Waals surface area (Å²) in [6.45, 7) is 6.24. The van der Waals surface area contributed by atoms with Crippen LogP contribution in [0.15, 0.2) is 60.7 Å². The molecule has 4 rings (SSSR count). The van der Waals surface area contributed by atoms with E-state index in [0.29, 0.717) is 12.3 Å². The Kier molecular flexibility index (Phi) is 5.99. The molecule has 32 heavy (non-hydrogen) atoms. The van der Waals surface area contributed by atoms with Crippen LogP contribution in [0.4, 0.5) is 4.39 Å². The number of rotatable bonds is 5. The van der Waals surface area contributed by atoms with Crippen LogP contribution in [0, 0.1) is 12.7 Å². The third-order valence-electron chi connectivity index (χ3n) is 5.56. The summed E-state index contributed by atoms with van der Waals surface area (Å²) >= 11 is 0. The van der Waals surface area contributed by atoms with Crippen LogP contribution in [0.2, 0.25) is 0 Å². The van der Waals surface area contributed by atoms with E-state index in [1.807, 2.05) is 49.7 Å². The zero-order chi connectivity index (χ0) is 22.8. The number of hydrogen-bond acceptors (Lipinski definition) is 4. The van der Waals surface area contributed by atoms with Crippen molar-refractivity contribution in [1.82, 2.24) is 14.5 Å². The number of morpholine rings is 1. The van der Waals surface area contributed by atoms with Gasteiger partial charge in [0.05, 0.1) is 37.4 Å². The summed E-state index contributed by atoms with van der Waals surface area (Å²) in [5.41, 5.74) is 3.42. The minimum Gasteiger partial charge on any atom is -0.495 e. The fraction of sp³-hybridized carbons (Fsp3) is 0.280. The Morgan fingerprint density at radius 3 is 2.66 bits per heavy atom. The van der Waals surface area contributed by atoms with E-state index >= 15 is 0 Å². The van der Waals surface area contributed by atoms with E-state index < -0.39 is 0 Å². The molecule has 2 heterocycles. The molecule has 1 aliphatic heterocycles. The molecule has 0 saturated carbocycles. The number of nitrogens with zero attached hydrogens (tertiary/aromatic N) is 3. The zero-order valence-electron chi connectivity index (χ0n) is 18.6. The predicted octanol–water partition coefficient (Wildman–Crippen LogP) is 4.68. The lowest BCUT2D eigenvalue weighted by molar-refractivity contribution is -0.141. The standard InChI is InChI=1S/C25H26FN3O3/c1-16-13-28(15-27-16)22-10-5-19(11-23(22)31-4)12-24-25(30)29(14-17(2)32-24)18(3)20-6-8-21(26)9-7-20/h5-13,15,17-18H,14H2,1-4H3/b24-12-/t17-,18+/m1/s1. The molecule has 1 amide bonds. The molecule has 6 nitrogen and oxygen atoms in total. The van der Waals surface area contributed by atoms with Gasteiger partial charge in [-0.15, -0.1) is 0 Å². The van der Waals surface area contributed by atoms with Gasteiger partial charge in [0.2, 0.25) is 0 Å². The highest BCUT2D eigenvalue weighted by Gasteiger charge is 2.32. The molecule has 0 spiro atoms. The smallest absolute Gasteiger partial charge is 0.289 e. The van der Waals surface area contributed by atoms with E-state index in [-0.39, 0.29) is 29.6 Å². The molecular weight excluding hydrogens is 409 g/mol. The van der Waals surface area contributed by atoms with Gasteiger partial charge in [-0.3, -0.25) is 4.79 Å². The lowest BCUT2D eigenvalue weighted by Crippen LogP contribution is -2.45. The molecule has 2 atom stereocenters.